The van der Waals surface area contributed by atoms with Gasteiger partial charge >= 0.3 is 0 Å². The summed E-state index contributed by atoms with van der Waals surface area (Å²) in [6, 6.07) is 14.0. The van der Waals surface area contributed by atoms with Crippen molar-refractivity contribution in [2.75, 3.05) is 19.7 Å². The van der Waals surface area contributed by atoms with Crippen LogP contribution in [0.2, 0.25) is 0 Å². The van der Waals surface area contributed by atoms with E-state index in [4.69, 9.17) is 4.74 Å². The third-order valence-corrected chi connectivity index (χ3v) is 5.89. The molecule has 5 nitrogen and oxygen atoms in total. The Kier molecular flexibility index (Phi) is 5.94. The Morgan fingerprint density at radius 3 is 2.76 bits per heavy atom. The maximum atomic E-state index is 13.5. The first-order valence-corrected chi connectivity index (χ1v) is 10.2. The van der Waals surface area contributed by atoms with Crippen LogP contribution in [0.1, 0.15) is 36.1 Å². The van der Waals surface area contributed by atoms with Crippen molar-refractivity contribution in [3.05, 3.63) is 71.0 Å². The van der Waals surface area contributed by atoms with Crippen LogP contribution in [0.15, 0.2) is 48.5 Å². The van der Waals surface area contributed by atoms with Gasteiger partial charge in [0.25, 0.3) is 5.91 Å². The quantitative estimate of drug-likeness (QED) is 0.831. The Hall–Kier alpha value is -2.28. The SMILES string of the molecule is CCN[C@H]1C[C@H](C(=O)N2CCc3ccccc3[C@@H]2c2ccc(F)cc2)OC[C@@H]1O. The van der Waals surface area contributed by atoms with E-state index in [1.165, 1.54) is 17.7 Å². The second-order valence-corrected chi connectivity index (χ2v) is 7.72. The first kappa shape index (κ1) is 20.0. The first-order valence-electron chi connectivity index (χ1n) is 10.2. The molecule has 1 amide bonds. The summed E-state index contributed by atoms with van der Waals surface area (Å²) < 4.78 is 19.2. The number of ether oxygens (including phenoxy) is 1. The van der Waals surface area contributed by atoms with Crippen LogP contribution in [-0.4, -0.2) is 53.9 Å². The number of carbonyl (C=O) groups excluding carboxylic acids is 1. The van der Waals surface area contributed by atoms with E-state index >= 15 is 0 Å². The minimum Gasteiger partial charge on any atom is -0.389 e. The van der Waals surface area contributed by atoms with Crippen molar-refractivity contribution in [2.24, 2.45) is 0 Å². The van der Waals surface area contributed by atoms with Crippen LogP contribution in [0.3, 0.4) is 0 Å². The predicted molar refractivity (Wildman–Crippen MR) is 108 cm³/mol. The molecule has 2 heterocycles. The van der Waals surface area contributed by atoms with Gasteiger partial charge in [0, 0.05) is 19.0 Å². The molecular formula is C23H27FN2O3. The van der Waals surface area contributed by atoms with Crippen molar-refractivity contribution in [3.63, 3.8) is 0 Å². The number of hydrogen-bond acceptors (Lipinski definition) is 4. The molecule has 2 N–H and O–H groups in total. The largest absolute Gasteiger partial charge is 0.389 e. The van der Waals surface area contributed by atoms with Gasteiger partial charge < -0.3 is 20.1 Å². The summed E-state index contributed by atoms with van der Waals surface area (Å²) in [6.45, 7) is 3.41. The van der Waals surface area contributed by atoms with Gasteiger partial charge in [-0.2, -0.15) is 0 Å². The normalized spacial score (nSPS) is 26.8. The lowest BCUT2D eigenvalue weighted by Gasteiger charge is -2.41. The lowest BCUT2D eigenvalue weighted by Crippen LogP contribution is -2.55. The number of amides is 1. The number of carbonyl (C=O) groups is 1. The summed E-state index contributed by atoms with van der Waals surface area (Å²) in [5.41, 5.74) is 3.15. The molecule has 2 aromatic carbocycles. The number of rotatable bonds is 4. The number of hydrogen-bond donors (Lipinski definition) is 2. The van der Waals surface area contributed by atoms with Crippen molar-refractivity contribution < 1.29 is 19.0 Å². The zero-order chi connectivity index (χ0) is 20.4. The van der Waals surface area contributed by atoms with Gasteiger partial charge in [-0.1, -0.05) is 43.3 Å². The third-order valence-electron chi connectivity index (χ3n) is 5.89. The molecule has 0 saturated carbocycles. The highest BCUT2D eigenvalue weighted by Crippen LogP contribution is 2.36. The Bertz CT molecular complexity index is 857. The van der Waals surface area contributed by atoms with Crippen molar-refractivity contribution in [3.8, 4) is 0 Å². The van der Waals surface area contributed by atoms with Gasteiger partial charge in [0.1, 0.15) is 11.9 Å². The smallest absolute Gasteiger partial charge is 0.252 e. The van der Waals surface area contributed by atoms with E-state index in [2.05, 4.69) is 11.4 Å². The van der Waals surface area contributed by atoms with Crippen LogP contribution in [0.5, 0.6) is 0 Å². The van der Waals surface area contributed by atoms with Gasteiger partial charge in [0.2, 0.25) is 0 Å². The predicted octanol–water partition coefficient (Wildman–Crippen LogP) is 2.43. The number of fused-ring (bicyclic) bond motifs is 1. The van der Waals surface area contributed by atoms with Gasteiger partial charge in [-0.15, -0.1) is 0 Å². The molecule has 1 fully saturated rings. The highest BCUT2D eigenvalue weighted by atomic mass is 19.1. The van der Waals surface area contributed by atoms with Gasteiger partial charge in [-0.05, 0) is 41.8 Å². The van der Waals surface area contributed by atoms with Crippen LogP contribution in [0, 0.1) is 5.82 Å². The molecule has 0 aromatic heterocycles. The molecule has 4 rings (SSSR count). The minimum absolute atomic E-state index is 0.0800. The Morgan fingerprint density at radius 1 is 1.24 bits per heavy atom. The summed E-state index contributed by atoms with van der Waals surface area (Å²) in [5.74, 6) is -0.377. The van der Waals surface area contributed by atoms with Gasteiger partial charge in [-0.25, -0.2) is 4.39 Å². The number of benzene rings is 2. The average molecular weight is 398 g/mol. The molecule has 0 bridgehead atoms. The zero-order valence-electron chi connectivity index (χ0n) is 16.6. The fourth-order valence-electron chi connectivity index (χ4n) is 4.43. The van der Waals surface area contributed by atoms with Crippen molar-refractivity contribution in [1.29, 1.82) is 0 Å². The van der Waals surface area contributed by atoms with E-state index in [1.807, 2.05) is 30.0 Å². The molecule has 1 saturated heterocycles. The van der Waals surface area contributed by atoms with Crippen LogP contribution in [-0.2, 0) is 16.0 Å². The summed E-state index contributed by atoms with van der Waals surface area (Å²) in [7, 11) is 0. The standard InChI is InChI=1S/C23H27FN2O3/c1-2-25-19-13-21(29-14-20(19)27)23(28)26-12-11-15-5-3-4-6-18(15)22(26)16-7-9-17(24)10-8-16/h3-10,19-22,25,27H,2,11-14H2,1H3/t19-,20-,21+,22-/m0/s1. The van der Waals surface area contributed by atoms with E-state index in [9.17, 15) is 14.3 Å². The molecule has 2 aliphatic rings. The molecule has 0 aliphatic carbocycles. The maximum absolute atomic E-state index is 13.5. The fraction of sp³-hybridized carbons (Fsp3) is 0.435. The second-order valence-electron chi connectivity index (χ2n) is 7.72. The van der Waals surface area contributed by atoms with Crippen LogP contribution >= 0.6 is 0 Å². The average Bonchev–Trinajstić information content (AvgIpc) is 2.75. The molecule has 0 spiro atoms. The summed E-state index contributed by atoms with van der Waals surface area (Å²) in [5, 5.41) is 13.4. The van der Waals surface area contributed by atoms with Gasteiger partial charge in [0.05, 0.1) is 18.8 Å². The van der Waals surface area contributed by atoms with E-state index in [-0.39, 0.29) is 30.4 Å². The second kappa shape index (κ2) is 8.61. The van der Waals surface area contributed by atoms with Crippen LogP contribution in [0.4, 0.5) is 4.39 Å². The first-order chi connectivity index (χ1) is 14.1. The van der Waals surface area contributed by atoms with E-state index in [1.54, 1.807) is 12.1 Å². The Balaban J connectivity index is 1.64. The van der Waals surface area contributed by atoms with E-state index in [0.29, 0.717) is 13.0 Å². The molecule has 2 aromatic rings. The Labute approximate surface area is 170 Å². The Morgan fingerprint density at radius 2 is 2.00 bits per heavy atom. The lowest BCUT2D eigenvalue weighted by atomic mass is 9.87. The van der Waals surface area contributed by atoms with Gasteiger partial charge in [0.15, 0.2) is 0 Å². The summed E-state index contributed by atoms with van der Waals surface area (Å²) in [4.78, 5) is 15.3. The highest BCUT2D eigenvalue weighted by molar-refractivity contribution is 5.82. The molecule has 0 radical (unpaired) electrons. The summed E-state index contributed by atoms with van der Waals surface area (Å²) in [6.07, 6.45) is -0.0158. The van der Waals surface area contributed by atoms with Crippen molar-refractivity contribution in [1.82, 2.24) is 10.2 Å². The minimum atomic E-state index is -0.617. The van der Waals surface area contributed by atoms with Crippen LogP contribution in [0.25, 0.3) is 0 Å². The molecule has 0 unspecified atom stereocenters. The molecule has 6 heteroatoms. The maximum Gasteiger partial charge on any atom is 0.252 e. The van der Waals surface area contributed by atoms with E-state index < -0.39 is 12.2 Å². The van der Waals surface area contributed by atoms with Crippen molar-refractivity contribution in [2.45, 2.75) is 44.1 Å². The lowest BCUT2D eigenvalue weighted by molar-refractivity contribution is -0.155. The number of halogens is 1. The third kappa shape index (κ3) is 4.06. The fourth-order valence-corrected chi connectivity index (χ4v) is 4.43. The number of nitrogens with one attached hydrogen (secondary N) is 1. The topological polar surface area (TPSA) is 61.8 Å². The molecule has 29 heavy (non-hydrogen) atoms. The number of aliphatic hydroxyl groups excluding tert-OH is 1. The monoisotopic (exact) mass is 398 g/mol. The number of likely N-dealkylation sites (N-methyl/N-ethyl adjacent to an activating group) is 1. The number of aliphatic hydroxyl groups is 1. The van der Waals surface area contributed by atoms with Gasteiger partial charge in [-0.3, -0.25) is 4.79 Å². The van der Waals surface area contributed by atoms with Crippen molar-refractivity contribution >= 4 is 5.91 Å². The van der Waals surface area contributed by atoms with Crippen LogP contribution < -0.4 is 5.32 Å². The summed E-state index contributed by atoms with van der Waals surface area (Å²) >= 11 is 0. The van der Waals surface area contributed by atoms with E-state index in [0.717, 1.165) is 24.1 Å². The molecule has 2 aliphatic heterocycles. The molecular weight excluding hydrogens is 371 g/mol. The highest BCUT2D eigenvalue weighted by Gasteiger charge is 2.39. The molecule has 4 atom stereocenters. The number of nitrogens with zero attached hydrogens (tertiary/aromatic N) is 1. The zero-order valence-corrected chi connectivity index (χ0v) is 16.6. The molecule has 154 valence electrons.